The van der Waals surface area contributed by atoms with E-state index in [0.29, 0.717) is 12.1 Å². The summed E-state index contributed by atoms with van der Waals surface area (Å²) in [5.41, 5.74) is 0.571. The van der Waals surface area contributed by atoms with Gasteiger partial charge in [-0.15, -0.1) is 0 Å². The van der Waals surface area contributed by atoms with E-state index in [9.17, 15) is 9.59 Å². The Bertz CT molecular complexity index is 510. The van der Waals surface area contributed by atoms with Gasteiger partial charge in [-0.25, -0.2) is 4.79 Å². The standard InChI is InChI=1S/C16H22N2O3/c1-17(10-11-18-8-3-2-4-9-18)15(19)13-6-5-7-14(12-13)16(20)21/h5-7,12H,2-4,8-11H2,1H3,(H,20,21). The summed E-state index contributed by atoms with van der Waals surface area (Å²) in [4.78, 5) is 27.3. The molecule has 5 nitrogen and oxygen atoms in total. The number of benzene rings is 1. The van der Waals surface area contributed by atoms with E-state index in [4.69, 9.17) is 5.11 Å². The molecule has 1 N–H and O–H groups in total. The molecule has 5 heteroatoms. The van der Waals surface area contributed by atoms with Crippen LogP contribution in [0.15, 0.2) is 24.3 Å². The Balaban J connectivity index is 1.92. The molecule has 1 aromatic rings. The minimum Gasteiger partial charge on any atom is -0.478 e. The van der Waals surface area contributed by atoms with E-state index in [1.807, 2.05) is 0 Å². The van der Waals surface area contributed by atoms with Crippen molar-refractivity contribution in [1.82, 2.24) is 9.80 Å². The van der Waals surface area contributed by atoms with Crippen LogP contribution in [0.1, 0.15) is 40.0 Å². The van der Waals surface area contributed by atoms with Gasteiger partial charge in [-0.1, -0.05) is 12.5 Å². The van der Waals surface area contributed by atoms with Crippen LogP contribution in [0.25, 0.3) is 0 Å². The van der Waals surface area contributed by atoms with Crippen LogP contribution < -0.4 is 0 Å². The van der Waals surface area contributed by atoms with E-state index in [2.05, 4.69) is 4.90 Å². The number of aromatic carboxylic acids is 1. The second-order valence-electron chi connectivity index (χ2n) is 5.51. The molecular formula is C16H22N2O3. The van der Waals surface area contributed by atoms with Crippen molar-refractivity contribution in [3.63, 3.8) is 0 Å². The molecule has 1 amide bonds. The van der Waals surface area contributed by atoms with Crippen molar-refractivity contribution >= 4 is 11.9 Å². The zero-order valence-electron chi connectivity index (χ0n) is 12.4. The van der Waals surface area contributed by atoms with E-state index in [1.165, 1.54) is 31.4 Å². The third kappa shape index (κ3) is 4.29. The predicted octanol–water partition coefficient (Wildman–Crippen LogP) is 1.94. The highest BCUT2D eigenvalue weighted by Gasteiger charge is 2.16. The van der Waals surface area contributed by atoms with Crippen LogP contribution in [0, 0.1) is 0 Å². The molecule has 0 radical (unpaired) electrons. The number of amides is 1. The minimum absolute atomic E-state index is 0.130. The number of hydrogen-bond acceptors (Lipinski definition) is 3. The highest BCUT2D eigenvalue weighted by molar-refractivity contribution is 5.97. The van der Waals surface area contributed by atoms with E-state index in [0.717, 1.165) is 19.6 Å². The molecular weight excluding hydrogens is 268 g/mol. The number of carboxylic acid groups (broad SMARTS) is 1. The van der Waals surface area contributed by atoms with E-state index < -0.39 is 5.97 Å². The summed E-state index contributed by atoms with van der Waals surface area (Å²) in [6.07, 6.45) is 3.77. The lowest BCUT2D eigenvalue weighted by Crippen LogP contribution is -2.38. The molecule has 1 heterocycles. The van der Waals surface area contributed by atoms with Crippen LogP contribution >= 0.6 is 0 Å². The first-order chi connectivity index (χ1) is 10.1. The number of likely N-dealkylation sites (N-methyl/N-ethyl adjacent to an activating group) is 1. The van der Waals surface area contributed by atoms with Crippen LogP contribution in [-0.4, -0.2) is 60.0 Å². The van der Waals surface area contributed by atoms with Crippen molar-refractivity contribution in [1.29, 1.82) is 0 Å². The monoisotopic (exact) mass is 290 g/mol. The van der Waals surface area contributed by atoms with Crippen LogP contribution in [0.3, 0.4) is 0 Å². The van der Waals surface area contributed by atoms with Gasteiger partial charge in [0.15, 0.2) is 0 Å². The highest BCUT2D eigenvalue weighted by atomic mass is 16.4. The molecule has 0 spiro atoms. The largest absolute Gasteiger partial charge is 0.478 e. The molecule has 1 fully saturated rings. The summed E-state index contributed by atoms with van der Waals surface area (Å²) < 4.78 is 0. The average molecular weight is 290 g/mol. The first-order valence-corrected chi connectivity index (χ1v) is 7.39. The molecule has 0 aromatic heterocycles. The summed E-state index contributed by atoms with van der Waals surface area (Å²) in [6.45, 7) is 3.75. The van der Waals surface area contributed by atoms with Crippen molar-refractivity contribution in [2.24, 2.45) is 0 Å². The third-order valence-electron chi connectivity index (χ3n) is 3.90. The SMILES string of the molecule is CN(CCN1CCCCC1)C(=O)c1cccc(C(=O)O)c1. The van der Waals surface area contributed by atoms with Crippen LogP contribution in [-0.2, 0) is 0 Å². The predicted molar refractivity (Wildman–Crippen MR) is 80.7 cm³/mol. The lowest BCUT2D eigenvalue weighted by Gasteiger charge is -2.28. The maximum absolute atomic E-state index is 12.3. The number of carbonyl (C=O) groups is 2. The number of hydrogen-bond donors (Lipinski definition) is 1. The van der Waals surface area contributed by atoms with E-state index in [1.54, 1.807) is 24.1 Å². The highest BCUT2D eigenvalue weighted by Crippen LogP contribution is 2.10. The van der Waals surface area contributed by atoms with Crippen LogP contribution in [0.4, 0.5) is 0 Å². The zero-order valence-corrected chi connectivity index (χ0v) is 12.4. The van der Waals surface area contributed by atoms with Crippen molar-refractivity contribution in [3.8, 4) is 0 Å². The van der Waals surface area contributed by atoms with Gasteiger partial charge in [0.1, 0.15) is 0 Å². The lowest BCUT2D eigenvalue weighted by molar-refractivity contribution is 0.0697. The van der Waals surface area contributed by atoms with Gasteiger partial charge in [-0.05, 0) is 44.1 Å². The lowest BCUT2D eigenvalue weighted by atomic mass is 10.1. The smallest absolute Gasteiger partial charge is 0.335 e. The van der Waals surface area contributed by atoms with Gasteiger partial charge in [0.2, 0.25) is 0 Å². The summed E-state index contributed by atoms with van der Waals surface area (Å²) in [5.74, 6) is -1.14. The third-order valence-corrected chi connectivity index (χ3v) is 3.90. The Labute approximate surface area is 125 Å². The number of rotatable bonds is 5. The molecule has 0 bridgehead atoms. The summed E-state index contributed by atoms with van der Waals surface area (Å²) in [6, 6.07) is 6.19. The molecule has 1 aliphatic heterocycles. The zero-order chi connectivity index (χ0) is 15.2. The molecule has 0 atom stereocenters. The van der Waals surface area contributed by atoms with Gasteiger partial charge in [0.05, 0.1) is 5.56 Å². The maximum Gasteiger partial charge on any atom is 0.335 e. The first-order valence-electron chi connectivity index (χ1n) is 7.39. The van der Waals surface area contributed by atoms with Crippen molar-refractivity contribution < 1.29 is 14.7 Å². The number of piperidine rings is 1. The average Bonchev–Trinajstić information content (AvgIpc) is 2.53. The molecule has 114 valence electrons. The van der Waals surface area contributed by atoms with Gasteiger partial charge in [-0.2, -0.15) is 0 Å². The Hall–Kier alpha value is -1.88. The summed E-state index contributed by atoms with van der Waals surface area (Å²) in [5, 5.41) is 8.97. The summed E-state index contributed by atoms with van der Waals surface area (Å²) in [7, 11) is 1.76. The summed E-state index contributed by atoms with van der Waals surface area (Å²) >= 11 is 0. The molecule has 1 saturated heterocycles. The fourth-order valence-corrected chi connectivity index (χ4v) is 2.58. The normalized spacial score (nSPS) is 15.7. The van der Waals surface area contributed by atoms with Gasteiger partial charge in [0, 0.05) is 25.7 Å². The van der Waals surface area contributed by atoms with Crippen molar-refractivity contribution in [3.05, 3.63) is 35.4 Å². The van der Waals surface area contributed by atoms with Gasteiger partial charge < -0.3 is 14.9 Å². The van der Waals surface area contributed by atoms with Crippen LogP contribution in [0.2, 0.25) is 0 Å². The number of nitrogens with zero attached hydrogens (tertiary/aromatic N) is 2. The molecule has 0 saturated carbocycles. The second kappa shape index (κ2) is 7.22. The molecule has 1 aromatic carbocycles. The Kier molecular flexibility index (Phi) is 5.33. The fourth-order valence-electron chi connectivity index (χ4n) is 2.58. The first kappa shape index (κ1) is 15.5. The van der Waals surface area contributed by atoms with Gasteiger partial charge in [0.25, 0.3) is 5.91 Å². The molecule has 0 unspecified atom stereocenters. The molecule has 2 rings (SSSR count). The van der Waals surface area contributed by atoms with Gasteiger partial charge >= 0.3 is 5.97 Å². The number of likely N-dealkylation sites (tertiary alicyclic amines) is 1. The molecule has 21 heavy (non-hydrogen) atoms. The molecule has 1 aliphatic rings. The maximum atomic E-state index is 12.3. The van der Waals surface area contributed by atoms with Crippen LogP contribution in [0.5, 0.6) is 0 Å². The quantitative estimate of drug-likeness (QED) is 0.900. The molecule has 0 aliphatic carbocycles. The fraction of sp³-hybridized carbons (Fsp3) is 0.500. The minimum atomic E-state index is -1.01. The van der Waals surface area contributed by atoms with Crippen molar-refractivity contribution in [2.75, 3.05) is 33.2 Å². The second-order valence-corrected chi connectivity index (χ2v) is 5.51. The number of carboxylic acids is 1. The Morgan fingerprint density at radius 2 is 1.86 bits per heavy atom. The van der Waals surface area contributed by atoms with E-state index in [-0.39, 0.29) is 11.5 Å². The number of carbonyl (C=O) groups excluding carboxylic acids is 1. The Morgan fingerprint density at radius 1 is 1.19 bits per heavy atom. The van der Waals surface area contributed by atoms with Gasteiger partial charge in [-0.3, -0.25) is 4.79 Å². The van der Waals surface area contributed by atoms with E-state index >= 15 is 0 Å². The van der Waals surface area contributed by atoms with Crippen molar-refractivity contribution in [2.45, 2.75) is 19.3 Å². The Morgan fingerprint density at radius 3 is 2.52 bits per heavy atom. The topological polar surface area (TPSA) is 60.9 Å².